The van der Waals surface area contributed by atoms with E-state index < -0.39 is 0 Å². The molecule has 0 fully saturated rings. The van der Waals surface area contributed by atoms with Crippen molar-refractivity contribution in [3.05, 3.63) is 0 Å². The van der Waals surface area contributed by atoms with E-state index in [1.807, 2.05) is 0 Å². The molecule has 0 heterocycles. The highest BCUT2D eigenvalue weighted by Gasteiger charge is 2.14. The molecule has 1 nitrogen and oxygen atoms in total. The highest BCUT2D eigenvalue weighted by Crippen LogP contribution is 2.20. The Kier molecular flexibility index (Phi) is 5.79. The van der Waals surface area contributed by atoms with Crippen molar-refractivity contribution in [2.45, 2.75) is 67.2 Å². The molecule has 0 rings (SSSR count). The van der Waals surface area contributed by atoms with Crippen molar-refractivity contribution in [1.82, 2.24) is 0 Å². The predicted octanol–water partition coefficient (Wildman–Crippen LogP) is 4.21. The highest BCUT2D eigenvalue weighted by atomic mass is 16.1. The maximum Gasteiger partial charge on any atom is 0.145 e. The van der Waals surface area contributed by atoms with Gasteiger partial charge in [-0.15, -0.1) is 5.92 Å². The summed E-state index contributed by atoms with van der Waals surface area (Å²) < 4.78 is 0. The molecule has 0 aliphatic carbocycles. The first kappa shape index (κ1) is 15.2. The molecule has 0 unspecified atom stereocenters. The van der Waals surface area contributed by atoms with Gasteiger partial charge < -0.3 is 0 Å². The Labute approximate surface area is 101 Å². The zero-order chi connectivity index (χ0) is 12.8. The Balaban J connectivity index is 3.81. The smallest absolute Gasteiger partial charge is 0.145 e. The van der Waals surface area contributed by atoms with E-state index in [1.54, 1.807) is 0 Å². The molecule has 0 aromatic carbocycles. The summed E-state index contributed by atoms with van der Waals surface area (Å²) in [7, 11) is 0. The average molecular weight is 222 g/mol. The van der Waals surface area contributed by atoms with E-state index in [-0.39, 0.29) is 11.2 Å². The Bertz CT molecular complexity index is 275. The lowest BCUT2D eigenvalue weighted by Crippen LogP contribution is -2.12. The number of ketones is 1. The van der Waals surface area contributed by atoms with Gasteiger partial charge in [0.2, 0.25) is 0 Å². The molecule has 0 N–H and O–H groups in total. The van der Waals surface area contributed by atoms with Crippen LogP contribution in [-0.2, 0) is 4.79 Å². The average Bonchev–Trinajstić information content (AvgIpc) is 1.97. The fourth-order valence-corrected chi connectivity index (χ4v) is 1.34. The van der Waals surface area contributed by atoms with Crippen molar-refractivity contribution in [2.24, 2.45) is 10.8 Å². The zero-order valence-electron chi connectivity index (χ0n) is 11.7. The predicted molar refractivity (Wildman–Crippen MR) is 70.2 cm³/mol. The minimum atomic E-state index is 0.0875. The second kappa shape index (κ2) is 6.09. The maximum atomic E-state index is 11.5. The molecule has 0 aromatic rings. The molecule has 0 radical (unpaired) electrons. The van der Waals surface area contributed by atoms with Crippen LogP contribution < -0.4 is 0 Å². The molecular weight excluding hydrogens is 196 g/mol. The van der Waals surface area contributed by atoms with Gasteiger partial charge in [0, 0.05) is 12.8 Å². The monoisotopic (exact) mass is 222 g/mol. The van der Waals surface area contributed by atoms with Crippen LogP contribution in [-0.4, -0.2) is 5.78 Å². The normalized spacial score (nSPS) is 11.9. The Morgan fingerprint density at radius 3 is 1.94 bits per heavy atom. The Morgan fingerprint density at radius 2 is 1.50 bits per heavy atom. The molecule has 0 amide bonds. The first-order valence-corrected chi connectivity index (χ1v) is 6.08. The van der Waals surface area contributed by atoms with E-state index in [4.69, 9.17) is 0 Å². The van der Waals surface area contributed by atoms with E-state index >= 15 is 0 Å². The summed E-state index contributed by atoms with van der Waals surface area (Å²) >= 11 is 0. The second-order valence-corrected chi connectivity index (χ2v) is 6.87. The van der Waals surface area contributed by atoms with Gasteiger partial charge in [0.15, 0.2) is 0 Å². The third-order valence-corrected chi connectivity index (χ3v) is 2.14. The van der Waals surface area contributed by atoms with Crippen LogP contribution in [0.2, 0.25) is 0 Å². The lowest BCUT2D eigenvalue weighted by atomic mass is 9.89. The number of carbonyl (C=O) groups excluding carboxylic acids is 1. The first-order valence-electron chi connectivity index (χ1n) is 6.08. The molecule has 0 spiro atoms. The van der Waals surface area contributed by atoms with Gasteiger partial charge in [-0.3, -0.25) is 4.79 Å². The summed E-state index contributed by atoms with van der Waals surface area (Å²) in [4.78, 5) is 11.5. The molecule has 0 aromatic heterocycles. The third kappa shape index (κ3) is 11.3. The quantitative estimate of drug-likeness (QED) is 0.654. The van der Waals surface area contributed by atoms with Gasteiger partial charge in [0.05, 0.1) is 6.42 Å². The van der Waals surface area contributed by atoms with E-state index in [1.165, 1.54) is 0 Å². The van der Waals surface area contributed by atoms with Gasteiger partial charge in [-0.25, -0.2) is 0 Å². The van der Waals surface area contributed by atoms with Gasteiger partial charge in [-0.2, -0.15) is 0 Å². The molecule has 16 heavy (non-hydrogen) atoms. The first-order chi connectivity index (χ1) is 7.10. The van der Waals surface area contributed by atoms with E-state index in [0.717, 1.165) is 12.8 Å². The van der Waals surface area contributed by atoms with E-state index in [2.05, 4.69) is 53.4 Å². The minimum Gasteiger partial charge on any atom is -0.299 e. The van der Waals surface area contributed by atoms with Gasteiger partial charge in [-0.05, 0) is 17.3 Å². The molecule has 92 valence electrons. The third-order valence-electron chi connectivity index (χ3n) is 2.14. The summed E-state index contributed by atoms with van der Waals surface area (Å²) in [6.07, 6.45) is 3.03. The molecule has 0 bridgehead atoms. The maximum absolute atomic E-state index is 11.5. The van der Waals surface area contributed by atoms with Crippen molar-refractivity contribution in [1.29, 1.82) is 0 Å². The fourth-order valence-electron chi connectivity index (χ4n) is 1.34. The van der Waals surface area contributed by atoms with Crippen LogP contribution in [0.4, 0.5) is 0 Å². The van der Waals surface area contributed by atoms with Crippen LogP contribution in [0, 0.1) is 22.7 Å². The number of hydrogen-bond acceptors (Lipinski definition) is 1. The number of hydrogen-bond donors (Lipinski definition) is 0. The van der Waals surface area contributed by atoms with Crippen molar-refractivity contribution in [2.75, 3.05) is 0 Å². The molecule has 0 aliphatic heterocycles. The zero-order valence-corrected chi connectivity index (χ0v) is 11.7. The number of carbonyl (C=O) groups is 1. The lowest BCUT2D eigenvalue weighted by molar-refractivity contribution is -0.119. The van der Waals surface area contributed by atoms with Crippen molar-refractivity contribution in [3.8, 4) is 11.8 Å². The molecule has 0 aliphatic rings. The van der Waals surface area contributed by atoms with E-state index in [9.17, 15) is 4.79 Å². The summed E-state index contributed by atoms with van der Waals surface area (Å²) in [6, 6.07) is 0. The molecular formula is C15H26O. The largest absolute Gasteiger partial charge is 0.299 e. The van der Waals surface area contributed by atoms with Crippen LogP contribution >= 0.6 is 0 Å². The Morgan fingerprint density at radius 1 is 0.938 bits per heavy atom. The van der Waals surface area contributed by atoms with Crippen LogP contribution in [0.3, 0.4) is 0 Å². The fraction of sp³-hybridized carbons (Fsp3) is 0.800. The Hall–Kier alpha value is -0.770. The van der Waals surface area contributed by atoms with Crippen LogP contribution in [0.25, 0.3) is 0 Å². The van der Waals surface area contributed by atoms with Crippen LogP contribution in [0.1, 0.15) is 67.2 Å². The minimum absolute atomic E-state index is 0.0875. The van der Waals surface area contributed by atoms with E-state index in [0.29, 0.717) is 18.3 Å². The van der Waals surface area contributed by atoms with Gasteiger partial charge in [0.1, 0.15) is 5.78 Å². The topological polar surface area (TPSA) is 17.1 Å². The summed E-state index contributed by atoms with van der Waals surface area (Å²) in [6.45, 7) is 12.9. The summed E-state index contributed by atoms with van der Waals surface area (Å²) in [5, 5.41) is 0. The standard InChI is InChI=1S/C15H26O/c1-14(2,3)11-9-7-8-10-13(16)12-15(4,5)6/h9-12H2,1-6H3. The molecule has 1 heteroatoms. The van der Waals surface area contributed by atoms with Crippen molar-refractivity contribution >= 4 is 5.78 Å². The molecule has 0 atom stereocenters. The summed E-state index contributed by atoms with van der Waals surface area (Å²) in [5.41, 5.74) is 0.425. The molecule has 0 saturated carbocycles. The summed E-state index contributed by atoms with van der Waals surface area (Å²) in [5.74, 6) is 6.33. The van der Waals surface area contributed by atoms with Crippen molar-refractivity contribution < 1.29 is 4.79 Å². The van der Waals surface area contributed by atoms with Crippen LogP contribution in [0.15, 0.2) is 0 Å². The molecule has 0 saturated heterocycles. The number of Topliss-reactive ketones (excluding diaryl/α,β-unsaturated/α-hetero) is 1. The van der Waals surface area contributed by atoms with Crippen molar-refractivity contribution in [3.63, 3.8) is 0 Å². The number of rotatable bonds is 3. The highest BCUT2D eigenvalue weighted by molar-refractivity contribution is 5.81. The second-order valence-electron chi connectivity index (χ2n) is 6.87. The van der Waals surface area contributed by atoms with Crippen LogP contribution in [0.5, 0.6) is 0 Å². The van der Waals surface area contributed by atoms with Gasteiger partial charge in [-0.1, -0.05) is 47.5 Å². The van der Waals surface area contributed by atoms with Gasteiger partial charge >= 0.3 is 0 Å². The van der Waals surface area contributed by atoms with Gasteiger partial charge in [0.25, 0.3) is 0 Å². The SMILES string of the molecule is CC(C)(C)CCC#CCC(=O)CC(C)(C)C. The lowest BCUT2D eigenvalue weighted by Gasteiger charge is -2.15.